The van der Waals surface area contributed by atoms with E-state index in [0.29, 0.717) is 40.7 Å². The van der Waals surface area contributed by atoms with Crippen LogP contribution >= 0.6 is 23.2 Å². The molecule has 4 nitrogen and oxygen atoms in total. The summed E-state index contributed by atoms with van der Waals surface area (Å²) < 4.78 is 5.47. The number of nitrogens with one attached hydrogen (secondary N) is 1. The number of urea groups is 1. The quantitative estimate of drug-likeness (QED) is 0.729. The predicted molar refractivity (Wildman–Crippen MR) is 91.7 cm³/mol. The second-order valence-corrected chi connectivity index (χ2v) is 6.88. The molecule has 0 aromatic heterocycles. The number of rotatable bonds is 7. The molecule has 1 rings (SSSR count). The van der Waals surface area contributed by atoms with Crippen LogP contribution in [0.1, 0.15) is 27.7 Å². The zero-order valence-electron chi connectivity index (χ0n) is 13.5. The maximum atomic E-state index is 12.2. The molecule has 0 saturated heterocycles. The van der Waals surface area contributed by atoms with E-state index in [1.54, 1.807) is 18.2 Å². The van der Waals surface area contributed by atoms with E-state index in [-0.39, 0.29) is 12.8 Å². The van der Waals surface area contributed by atoms with Crippen LogP contribution in [0.4, 0.5) is 4.79 Å². The summed E-state index contributed by atoms with van der Waals surface area (Å²) in [6.45, 7) is 9.84. The van der Waals surface area contributed by atoms with E-state index < -0.39 is 0 Å². The van der Waals surface area contributed by atoms with Crippen molar-refractivity contribution in [1.29, 1.82) is 0 Å². The summed E-state index contributed by atoms with van der Waals surface area (Å²) in [5.41, 5.74) is 0. The normalized spacial score (nSPS) is 10.9. The van der Waals surface area contributed by atoms with Crippen LogP contribution in [0.15, 0.2) is 18.2 Å². The van der Waals surface area contributed by atoms with E-state index in [1.165, 1.54) is 0 Å². The molecule has 0 radical (unpaired) electrons. The van der Waals surface area contributed by atoms with Crippen molar-refractivity contribution in [2.45, 2.75) is 27.7 Å². The van der Waals surface area contributed by atoms with Crippen molar-refractivity contribution < 1.29 is 9.53 Å². The minimum Gasteiger partial charge on any atom is -0.472 e. The molecule has 0 aliphatic rings. The third kappa shape index (κ3) is 6.75. The Morgan fingerprint density at radius 2 is 1.77 bits per heavy atom. The largest absolute Gasteiger partial charge is 0.472 e. The average molecular weight is 347 g/mol. The van der Waals surface area contributed by atoms with Gasteiger partial charge >= 0.3 is 6.03 Å². The zero-order valence-corrected chi connectivity index (χ0v) is 15.0. The van der Waals surface area contributed by atoms with Crippen LogP contribution in [-0.2, 0) is 0 Å². The highest BCUT2D eigenvalue weighted by atomic mass is 35.5. The van der Waals surface area contributed by atoms with Crippen LogP contribution in [0.2, 0.25) is 10.0 Å². The average Bonchev–Trinajstić information content (AvgIpc) is 2.39. The molecule has 0 spiro atoms. The van der Waals surface area contributed by atoms with Gasteiger partial charge < -0.3 is 15.0 Å². The highest BCUT2D eigenvalue weighted by Gasteiger charge is 2.16. The Kier molecular flexibility index (Phi) is 7.83. The van der Waals surface area contributed by atoms with Gasteiger partial charge in [0.2, 0.25) is 0 Å². The number of halogens is 2. The number of hydrogen-bond acceptors (Lipinski definition) is 2. The molecule has 0 unspecified atom stereocenters. The van der Waals surface area contributed by atoms with E-state index in [4.69, 9.17) is 27.9 Å². The number of hydrogen-bond donors (Lipinski definition) is 1. The highest BCUT2D eigenvalue weighted by molar-refractivity contribution is 6.35. The summed E-state index contributed by atoms with van der Waals surface area (Å²) in [6.07, 6.45) is 0. The number of carbonyl (C=O) groups is 1. The Balaban J connectivity index is 2.51. The lowest BCUT2D eigenvalue weighted by Crippen LogP contribution is -2.44. The van der Waals surface area contributed by atoms with Gasteiger partial charge in [-0.15, -0.1) is 0 Å². The first-order valence-electron chi connectivity index (χ1n) is 7.40. The van der Waals surface area contributed by atoms with Gasteiger partial charge in [-0.05, 0) is 30.0 Å². The fourth-order valence-electron chi connectivity index (χ4n) is 2.00. The Labute approximate surface area is 142 Å². The molecular weight excluding hydrogens is 323 g/mol. The molecule has 0 aliphatic carbocycles. The molecule has 0 bridgehead atoms. The summed E-state index contributed by atoms with van der Waals surface area (Å²) in [4.78, 5) is 14.0. The van der Waals surface area contributed by atoms with E-state index >= 15 is 0 Å². The summed E-state index contributed by atoms with van der Waals surface area (Å²) in [5.74, 6) is 1.32. The van der Waals surface area contributed by atoms with Gasteiger partial charge in [0.15, 0.2) is 6.73 Å². The van der Waals surface area contributed by atoms with E-state index in [1.807, 2.05) is 4.90 Å². The minimum absolute atomic E-state index is 0.0624. The summed E-state index contributed by atoms with van der Waals surface area (Å²) in [5, 5.41) is 3.72. The Morgan fingerprint density at radius 3 is 2.27 bits per heavy atom. The van der Waals surface area contributed by atoms with Gasteiger partial charge in [-0.25, -0.2) is 4.79 Å². The highest BCUT2D eigenvalue weighted by Crippen LogP contribution is 2.27. The SMILES string of the molecule is CC(C)CN(CC(C)C)C(=O)NCOc1ccc(Cl)cc1Cl. The van der Waals surface area contributed by atoms with Crippen LogP contribution < -0.4 is 10.1 Å². The maximum Gasteiger partial charge on any atom is 0.320 e. The Morgan fingerprint density at radius 1 is 1.18 bits per heavy atom. The van der Waals surface area contributed by atoms with Gasteiger partial charge in [0.1, 0.15) is 5.75 Å². The van der Waals surface area contributed by atoms with Crippen LogP contribution in [0.3, 0.4) is 0 Å². The molecule has 1 aromatic rings. The van der Waals surface area contributed by atoms with Crippen LogP contribution in [-0.4, -0.2) is 30.8 Å². The van der Waals surface area contributed by atoms with Gasteiger partial charge in [-0.1, -0.05) is 50.9 Å². The number of benzene rings is 1. The number of ether oxygens (including phenoxy) is 1. The summed E-state index contributed by atoms with van der Waals surface area (Å²) in [7, 11) is 0. The second kappa shape index (κ2) is 9.11. The number of amides is 2. The molecule has 0 atom stereocenters. The molecule has 124 valence electrons. The van der Waals surface area contributed by atoms with Crippen molar-refractivity contribution in [3.05, 3.63) is 28.2 Å². The number of nitrogens with zero attached hydrogens (tertiary/aromatic N) is 1. The van der Waals surface area contributed by atoms with Crippen molar-refractivity contribution in [1.82, 2.24) is 10.2 Å². The van der Waals surface area contributed by atoms with Gasteiger partial charge in [0, 0.05) is 18.1 Å². The van der Waals surface area contributed by atoms with Gasteiger partial charge in [0.05, 0.1) is 5.02 Å². The maximum absolute atomic E-state index is 12.2. The summed E-state index contributed by atoms with van der Waals surface area (Å²) in [6, 6.07) is 4.84. The minimum atomic E-state index is -0.132. The van der Waals surface area contributed by atoms with Crippen LogP contribution in [0.5, 0.6) is 5.75 Å². The lowest BCUT2D eigenvalue weighted by molar-refractivity contribution is 0.171. The molecule has 0 saturated carbocycles. The van der Waals surface area contributed by atoms with Gasteiger partial charge in [-0.3, -0.25) is 0 Å². The molecule has 0 fully saturated rings. The number of carbonyl (C=O) groups excluding carboxylic acids is 1. The topological polar surface area (TPSA) is 41.6 Å². The summed E-state index contributed by atoms with van der Waals surface area (Å²) >= 11 is 11.8. The van der Waals surface area contributed by atoms with E-state index in [0.717, 1.165) is 0 Å². The van der Waals surface area contributed by atoms with Crippen molar-refractivity contribution in [2.24, 2.45) is 11.8 Å². The first-order valence-corrected chi connectivity index (χ1v) is 8.15. The molecular formula is C16H24Cl2N2O2. The van der Waals surface area contributed by atoms with Crippen LogP contribution in [0, 0.1) is 11.8 Å². The first-order chi connectivity index (χ1) is 10.3. The zero-order chi connectivity index (χ0) is 16.7. The molecule has 22 heavy (non-hydrogen) atoms. The van der Waals surface area contributed by atoms with Gasteiger partial charge in [0.25, 0.3) is 0 Å². The van der Waals surface area contributed by atoms with E-state index in [2.05, 4.69) is 33.0 Å². The van der Waals surface area contributed by atoms with Crippen molar-refractivity contribution in [2.75, 3.05) is 19.8 Å². The lowest BCUT2D eigenvalue weighted by atomic mass is 10.1. The Bertz CT molecular complexity index is 483. The van der Waals surface area contributed by atoms with Crippen molar-refractivity contribution >= 4 is 29.2 Å². The fraction of sp³-hybridized carbons (Fsp3) is 0.562. The first kappa shape index (κ1) is 18.9. The fourth-order valence-corrected chi connectivity index (χ4v) is 2.46. The molecule has 1 N–H and O–H groups in total. The molecule has 2 amide bonds. The smallest absolute Gasteiger partial charge is 0.320 e. The van der Waals surface area contributed by atoms with E-state index in [9.17, 15) is 4.79 Å². The molecule has 0 aliphatic heterocycles. The molecule has 1 aromatic carbocycles. The monoisotopic (exact) mass is 346 g/mol. The van der Waals surface area contributed by atoms with Crippen molar-refractivity contribution in [3.63, 3.8) is 0 Å². The molecule has 6 heteroatoms. The third-order valence-electron chi connectivity index (χ3n) is 2.80. The third-order valence-corrected chi connectivity index (χ3v) is 3.33. The van der Waals surface area contributed by atoms with Gasteiger partial charge in [-0.2, -0.15) is 0 Å². The molecule has 0 heterocycles. The standard InChI is InChI=1S/C16H24Cl2N2O2/c1-11(2)8-20(9-12(3)4)16(21)19-10-22-15-6-5-13(17)7-14(15)18/h5-7,11-12H,8-10H2,1-4H3,(H,19,21). The lowest BCUT2D eigenvalue weighted by Gasteiger charge is -2.26. The Hall–Kier alpha value is -1.13. The van der Waals surface area contributed by atoms with Crippen LogP contribution in [0.25, 0.3) is 0 Å². The van der Waals surface area contributed by atoms with Crippen molar-refractivity contribution in [3.8, 4) is 5.75 Å². The predicted octanol–water partition coefficient (Wildman–Crippen LogP) is 4.65. The second-order valence-electron chi connectivity index (χ2n) is 6.04.